The second kappa shape index (κ2) is 11.1. The molecule has 0 bridgehead atoms. The zero-order valence-corrected chi connectivity index (χ0v) is 21.3. The van der Waals surface area contributed by atoms with Gasteiger partial charge >= 0.3 is 21.9 Å². The first-order valence-corrected chi connectivity index (χ1v) is 12.5. The van der Waals surface area contributed by atoms with Crippen LogP contribution in [-0.4, -0.2) is 26.1 Å². The molecule has 1 rings (SSSR count). The minimum absolute atomic E-state index is 0.0156. The largest absolute Gasteiger partial charge is 0.456 e. The van der Waals surface area contributed by atoms with Crippen molar-refractivity contribution in [2.45, 2.75) is 81.2 Å². The molecule has 15 heteroatoms. The van der Waals surface area contributed by atoms with E-state index in [4.69, 9.17) is 4.18 Å². The molecule has 34 heavy (non-hydrogen) atoms. The van der Waals surface area contributed by atoms with E-state index in [1.807, 2.05) is 13.8 Å². The predicted molar refractivity (Wildman–Crippen MR) is 117 cm³/mol. The Bertz CT molecular complexity index is 846. The highest BCUT2D eigenvalue weighted by Crippen LogP contribution is 2.53. The minimum Gasteiger partial charge on any atom is -0.395 e. The molecule has 0 radical (unpaired) electrons. The highest BCUT2D eigenvalue weighted by atomic mass is 32.2. The minimum atomic E-state index is -6.34. The smallest absolute Gasteiger partial charge is 0.395 e. The Labute approximate surface area is 202 Å². The van der Waals surface area contributed by atoms with E-state index < -0.39 is 74.5 Å². The van der Waals surface area contributed by atoms with Crippen molar-refractivity contribution in [3.8, 4) is 5.75 Å². The first kappa shape index (κ1) is 31.2. The van der Waals surface area contributed by atoms with E-state index in [2.05, 4.69) is 0 Å². The standard InChI is InChI=1S/C19H24F9NO2S3/c1-9(2)12-7-13(10(3)4)15(14(8-12)11(5)6)31-34(30)18(24,25)16(20,21)17(22,23)32-29-33-19(26,27)28/h7-11,29H,1-6H3. The summed E-state index contributed by atoms with van der Waals surface area (Å²) in [6, 6.07) is 3.12. The van der Waals surface area contributed by atoms with E-state index in [9.17, 15) is 43.7 Å². The Kier molecular flexibility index (Phi) is 10.2. The van der Waals surface area contributed by atoms with Gasteiger partial charge in [-0.25, -0.2) is 4.21 Å². The Morgan fingerprint density at radius 1 is 0.794 bits per heavy atom. The van der Waals surface area contributed by atoms with E-state index in [-0.39, 0.29) is 17.0 Å². The quantitative estimate of drug-likeness (QED) is 0.216. The molecule has 3 nitrogen and oxygen atoms in total. The van der Waals surface area contributed by atoms with Crippen LogP contribution in [0.25, 0.3) is 0 Å². The normalized spacial score (nSPS) is 14.9. The molecule has 0 aromatic heterocycles. The predicted octanol–water partition coefficient (Wildman–Crippen LogP) is 8.33. The number of halogens is 9. The average molecular weight is 566 g/mol. The Balaban J connectivity index is 3.38. The third-order valence-corrected chi connectivity index (χ3v) is 6.91. The summed E-state index contributed by atoms with van der Waals surface area (Å²) in [7, 11) is 0. The number of hydrogen-bond acceptors (Lipinski definition) is 5. The van der Waals surface area contributed by atoms with Crippen molar-refractivity contribution < 1.29 is 47.9 Å². The van der Waals surface area contributed by atoms with Gasteiger partial charge in [-0.15, -0.1) is 0 Å². The van der Waals surface area contributed by atoms with Crippen LogP contribution < -0.4 is 8.31 Å². The van der Waals surface area contributed by atoms with Crippen LogP contribution in [0.15, 0.2) is 12.1 Å². The molecule has 0 spiro atoms. The highest BCUT2D eigenvalue weighted by molar-refractivity contribution is 8.13. The molecule has 1 atom stereocenters. The molecule has 0 aliphatic rings. The van der Waals surface area contributed by atoms with Crippen LogP contribution in [0.2, 0.25) is 0 Å². The van der Waals surface area contributed by atoms with Crippen LogP contribution in [0, 0.1) is 0 Å². The first-order valence-electron chi connectivity index (χ1n) is 9.74. The molecular formula is C19H24F9NO2S3. The summed E-state index contributed by atoms with van der Waals surface area (Å²) >= 11 is -7.24. The Morgan fingerprint density at radius 2 is 1.24 bits per heavy atom. The second-order valence-corrected chi connectivity index (χ2v) is 11.4. The van der Waals surface area contributed by atoms with Crippen molar-refractivity contribution in [2.75, 3.05) is 0 Å². The van der Waals surface area contributed by atoms with Gasteiger partial charge in [0.1, 0.15) is 5.75 Å². The van der Waals surface area contributed by atoms with Crippen LogP contribution in [-0.2, 0) is 11.1 Å². The van der Waals surface area contributed by atoms with Crippen LogP contribution in [0.3, 0.4) is 0 Å². The molecule has 0 aliphatic heterocycles. The van der Waals surface area contributed by atoms with Gasteiger partial charge in [0.05, 0.1) is 0 Å². The fourth-order valence-corrected chi connectivity index (χ4v) is 4.64. The van der Waals surface area contributed by atoms with Gasteiger partial charge < -0.3 is 4.18 Å². The Morgan fingerprint density at radius 3 is 1.59 bits per heavy atom. The first-order chi connectivity index (χ1) is 15.2. The summed E-state index contributed by atoms with van der Waals surface area (Å²) in [6.45, 7) is 10.3. The second-order valence-electron chi connectivity index (χ2n) is 8.15. The monoisotopic (exact) mass is 565 g/mol. The highest BCUT2D eigenvalue weighted by Gasteiger charge is 2.76. The summed E-state index contributed by atoms with van der Waals surface area (Å²) in [5, 5.41) is -11.7. The summed E-state index contributed by atoms with van der Waals surface area (Å²) in [5.41, 5.74) is -3.87. The summed E-state index contributed by atoms with van der Waals surface area (Å²) in [6.07, 6.45) is 0. The Hall–Kier alpha value is -0.800. The maximum atomic E-state index is 14.4. The molecule has 0 aliphatic carbocycles. The van der Waals surface area contributed by atoms with Crippen LogP contribution in [0.1, 0.15) is 76.0 Å². The molecule has 0 fully saturated rings. The van der Waals surface area contributed by atoms with E-state index in [1.165, 1.54) is 0 Å². The van der Waals surface area contributed by atoms with Gasteiger partial charge in [-0.3, -0.25) is 0 Å². The summed E-state index contributed by atoms with van der Waals surface area (Å²) in [5.74, 6) is -7.57. The lowest BCUT2D eigenvalue weighted by Gasteiger charge is -2.31. The lowest BCUT2D eigenvalue weighted by atomic mass is 9.88. The van der Waals surface area contributed by atoms with Crippen molar-refractivity contribution in [3.63, 3.8) is 0 Å². The van der Waals surface area contributed by atoms with Crippen LogP contribution >= 0.6 is 23.9 Å². The molecule has 0 saturated carbocycles. The molecular weight excluding hydrogens is 541 g/mol. The van der Waals surface area contributed by atoms with Gasteiger partial charge in [0.15, 0.2) is 0 Å². The average Bonchev–Trinajstić information content (AvgIpc) is 2.65. The maximum Gasteiger partial charge on any atom is 0.456 e. The van der Waals surface area contributed by atoms with Gasteiger partial charge in [0.2, 0.25) is 0 Å². The van der Waals surface area contributed by atoms with E-state index in [1.54, 1.807) is 39.8 Å². The maximum absolute atomic E-state index is 14.4. The lowest BCUT2D eigenvalue weighted by Crippen LogP contribution is -2.56. The third-order valence-electron chi connectivity index (χ3n) is 4.51. The SMILES string of the molecule is CC(C)c1cc(C(C)C)c(OS(=O)C(F)(F)C(F)(F)C(F)(F)SNSC(F)(F)F)c(C(C)C)c1. The van der Waals surface area contributed by atoms with E-state index >= 15 is 0 Å². The lowest BCUT2D eigenvalue weighted by molar-refractivity contribution is -0.240. The molecule has 1 N–H and O–H groups in total. The van der Waals surface area contributed by atoms with Gasteiger partial charge in [0.25, 0.3) is 11.1 Å². The van der Waals surface area contributed by atoms with Gasteiger partial charge in [-0.2, -0.15) is 43.6 Å². The number of nitrogens with one attached hydrogen (secondary N) is 1. The number of rotatable bonds is 11. The summed E-state index contributed by atoms with van der Waals surface area (Å²) in [4.78, 5) is 0. The fraction of sp³-hybridized carbons (Fsp3) is 0.684. The molecule has 0 heterocycles. The molecule has 1 aromatic rings. The van der Waals surface area contributed by atoms with Gasteiger partial charge in [0, 0.05) is 23.9 Å². The fourth-order valence-electron chi connectivity index (χ4n) is 2.57. The van der Waals surface area contributed by atoms with Crippen LogP contribution in [0.4, 0.5) is 39.5 Å². The van der Waals surface area contributed by atoms with E-state index in [0.29, 0.717) is 0 Å². The number of hydrogen-bond donors (Lipinski definition) is 1. The molecule has 198 valence electrons. The van der Waals surface area contributed by atoms with Gasteiger partial charge in [-0.05, 0) is 34.4 Å². The van der Waals surface area contributed by atoms with Crippen molar-refractivity contribution >= 4 is 35.0 Å². The van der Waals surface area contributed by atoms with Gasteiger partial charge in [-0.1, -0.05) is 53.7 Å². The van der Waals surface area contributed by atoms with Crippen LogP contribution in [0.5, 0.6) is 5.75 Å². The summed E-state index contributed by atoms with van der Waals surface area (Å²) < 4.78 is 139. The number of alkyl halides is 9. The van der Waals surface area contributed by atoms with Crippen molar-refractivity contribution in [3.05, 3.63) is 28.8 Å². The third kappa shape index (κ3) is 7.12. The zero-order chi connectivity index (χ0) is 26.9. The van der Waals surface area contributed by atoms with Crippen molar-refractivity contribution in [1.82, 2.24) is 4.13 Å². The number of benzene rings is 1. The molecule has 1 aromatic carbocycles. The molecule has 0 amide bonds. The van der Waals surface area contributed by atoms with E-state index in [0.717, 1.165) is 9.69 Å². The zero-order valence-electron chi connectivity index (χ0n) is 18.8. The van der Waals surface area contributed by atoms with Crippen molar-refractivity contribution in [1.29, 1.82) is 0 Å². The molecule has 1 unspecified atom stereocenters. The molecule has 0 saturated heterocycles. The van der Waals surface area contributed by atoms with Crippen molar-refractivity contribution in [2.24, 2.45) is 0 Å². The topological polar surface area (TPSA) is 38.3 Å².